The number of β-amino-alcohol motifs (C(OH)–C–C–N with tert-alkyl or cyclic N) is 1. The van der Waals surface area contributed by atoms with E-state index in [1.807, 2.05) is 32.9 Å². The van der Waals surface area contributed by atoms with Crippen LogP contribution in [0.1, 0.15) is 39.2 Å². The highest BCUT2D eigenvalue weighted by atomic mass is 16.6. The minimum atomic E-state index is -0.817. The number of rotatable bonds is 2. The van der Waals surface area contributed by atoms with Crippen LogP contribution >= 0.6 is 0 Å². The van der Waals surface area contributed by atoms with E-state index in [0.717, 1.165) is 24.9 Å². The number of amides is 1. The van der Waals surface area contributed by atoms with E-state index in [9.17, 15) is 9.90 Å². The summed E-state index contributed by atoms with van der Waals surface area (Å²) in [6.45, 7) is 6.97. The summed E-state index contributed by atoms with van der Waals surface area (Å²) >= 11 is 0. The minimum absolute atomic E-state index is 0.478. The highest BCUT2D eigenvalue weighted by Gasteiger charge is 2.30. The smallest absolute Gasteiger partial charge is 0.412 e. The lowest BCUT2D eigenvalue weighted by Gasteiger charge is -2.33. The van der Waals surface area contributed by atoms with Crippen LogP contribution in [0.2, 0.25) is 0 Å². The van der Waals surface area contributed by atoms with E-state index in [2.05, 4.69) is 10.6 Å². The summed E-state index contributed by atoms with van der Waals surface area (Å²) < 4.78 is 5.20. The molecule has 116 valence electrons. The molecule has 0 spiro atoms. The number of carbonyl (C=O) groups is 1. The van der Waals surface area contributed by atoms with E-state index in [1.165, 1.54) is 0 Å². The molecule has 3 N–H and O–H groups in total. The number of nitrogens with one attached hydrogen (secondary N) is 2. The maximum Gasteiger partial charge on any atom is 0.412 e. The summed E-state index contributed by atoms with van der Waals surface area (Å²) in [6, 6.07) is 7.26. The molecule has 1 aromatic rings. The van der Waals surface area contributed by atoms with E-state index in [4.69, 9.17) is 4.74 Å². The second-order valence-corrected chi connectivity index (χ2v) is 6.52. The lowest BCUT2D eigenvalue weighted by Crippen LogP contribution is -2.43. The number of ether oxygens (including phenoxy) is 1. The Morgan fingerprint density at radius 3 is 2.52 bits per heavy atom. The Hall–Kier alpha value is -1.59. The first kappa shape index (κ1) is 15.8. The lowest BCUT2D eigenvalue weighted by atomic mass is 9.86. The molecular formula is C16H24N2O3. The minimum Gasteiger partial charge on any atom is -0.444 e. The van der Waals surface area contributed by atoms with Crippen molar-refractivity contribution in [3.8, 4) is 0 Å². The Balaban J connectivity index is 2.00. The first-order valence-corrected chi connectivity index (χ1v) is 7.32. The maximum atomic E-state index is 11.7. The summed E-state index contributed by atoms with van der Waals surface area (Å²) in [5, 5.41) is 16.5. The standard InChI is InChI=1S/C16H24N2O3/c1-15(2,3)21-14(19)18-13-7-5-12(6-8-13)16(20)9-4-10-17-11-16/h5-8,17,20H,4,9-11H2,1-3H3,(H,18,19). The third-order valence-electron chi connectivity index (χ3n) is 3.43. The highest BCUT2D eigenvalue weighted by molar-refractivity contribution is 5.84. The number of benzene rings is 1. The summed E-state index contributed by atoms with van der Waals surface area (Å²) in [7, 11) is 0. The van der Waals surface area contributed by atoms with E-state index < -0.39 is 17.3 Å². The number of hydrogen-bond acceptors (Lipinski definition) is 4. The van der Waals surface area contributed by atoms with Crippen molar-refractivity contribution in [1.29, 1.82) is 0 Å². The van der Waals surface area contributed by atoms with Gasteiger partial charge in [-0.05, 0) is 57.9 Å². The van der Waals surface area contributed by atoms with Crippen LogP contribution < -0.4 is 10.6 Å². The van der Waals surface area contributed by atoms with Gasteiger partial charge in [-0.15, -0.1) is 0 Å². The average Bonchev–Trinajstić information content (AvgIpc) is 2.38. The fraction of sp³-hybridized carbons (Fsp3) is 0.562. The largest absolute Gasteiger partial charge is 0.444 e. The normalized spacial score (nSPS) is 22.7. The molecule has 0 aromatic heterocycles. The molecule has 0 bridgehead atoms. The Bertz CT molecular complexity index is 485. The summed E-state index contributed by atoms with van der Waals surface area (Å²) in [6.07, 6.45) is 1.22. The van der Waals surface area contributed by atoms with Crippen molar-refractivity contribution >= 4 is 11.8 Å². The molecular weight excluding hydrogens is 268 g/mol. The van der Waals surface area contributed by atoms with Crippen molar-refractivity contribution in [1.82, 2.24) is 5.32 Å². The average molecular weight is 292 g/mol. The molecule has 5 nitrogen and oxygen atoms in total. The predicted molar refractivity (Wildman–Crippen MR) is 82.3 cm³/mol. The van der Waals surface area contributed by atoms with Gasteiger partial charge in [-0.2, -0.15) is 0 Å². The van der Waals surface area contributed by atoms with Crippen LogP contribution in [-0.2, 0) is 10.3 Å². The summed E-state index contributed by atoms with van der Waals surface area (Å²) in [5.74, 6) is 0. The van der Waals surface area contributed by atoms with Crippen molar-refractivity contribution in [2.45, 2.75) is 44.8 Å². The molecule has 5 heteroatoms. The SMILES string of the molecule is CC(C)(C)OC(=O)Nc1ccc(C2(O)CCCNC2)cc1. The first-order chi connectivity index (χ1) is 9.78. The molecule has 0 aliphatic carbocycles. The Kier molecular flexibility index (Phi) is 4.54. The molecule has 21 heavy (non-hydrogen) atoms. The number of anilines is 1. The van der Waals surface area contributed by atoms with Gasteiger partial charge in [0.2, 0.25) is 0 Å². The molecule has 1 saturated heterocycles. The van der Waals surface area contributed by atoms with E-state index in [1.54, 1.807) is 12.1 Å². The van der Waals surface area contributed by atoms with Gasteiger partial charge in [0.05, 0.1) is 0 Å². The molecule has 1 unspecified atom stereocenters. The first-order valence-electron chi connectivity index (χ1n) is 7.32. The number of aliphatic hydroxyl groups is 1. The van der Waals surface area contributed by atoms with E-state index in [-0.39, 0.29) is 0 Å². The molecule has 0 radical (unpaired) electrons. The Morgan fingerprint density at radius 1 is 1.33 bits per heavy atom. The third kappa shape index (κ3) is 4.44. The van der Waals surface area contributed by atoms with Gasteiger partial charge in [-0.3, -0.25) is 5.32 Å². The van der Waals surface area contributed by atoms with E-state index in [0.29, 0.717) is 12.2 Å². The highest BCUT2D eigenvalue weighted by Crippen LogP contribution is 2.29. The van der Waals surface area contributed by atoms with Crippen LogP contribution in [0.25, 0.3) is 0 Å². The van der Waals surface area contributed by atoms with Gasteiger partial charge in [-0.1, -0.05) is 12.1 Å². The monoisotopic (exact) mass is 292 g/mol. The van der Waals surface area contributed by atoms with Gasteiger partial charge in [0.1, 0.15) is 11.2 Å². The lowest BCUT2D eigenvalue weighted by molar-refractivity contribution is 0.0123. The Labute approximate surface area is 125 Å². The van der Waals surface area contributed by atoms with Crippen LogP contribution in [0.15, 0.2) is 24.3 Å². The van der Waals surface area contributed by atoms with Gasteiger partial charge in [0, 0.05) is 12.2 Å². The molecule has 1 heterocycles. The van der Waals surface area contributed by atoms with Crippen molar-refractivity contribution in [3.05, 3.63) is 29.8 Å². The van der Waals surface area contributed by atoms with Crippen molar-refractivity contribution in [2.75, 3.05) is 18.4 Å². The van der Waals surface area contributed by atoms with Crippen molar-refractivity contribution in [3.63, 3.8) is 0 Å². The van der Waals surface area contributed by atoms with Crippen LogP contribution in [0, 0.1) is 0 Å². The number of piperidine rings is 1. The van der Waals surface area contributed by atoms with Gasteiger partial charge >= 0.3 is 6.09 Å². The second-order valence-electron chi connectivity index (χ2n) is 6.52. The fourth-order valence-electron chi connectivity index (χ4n) is 2.42. The summed E-state index contributed by atoms with van der Waals surface area (Å²) in [5.41, 5.74) is 0.181. The topological polar surface area (TPSA) is 70.6 Å². The third-order valence-corrected chi connectivity index (χ3v) is 3.43. The molecule has 1 amide bonds. The van der Waals surface area contributed by atoms with Gasteiger partial charge in [0.25, 0.3) is 0 Å². The predicted octanol–water partition coefficient (Wildman–Crippen LogP) is 2.60. The zero-order valence-corrected chi connectivity index (χ0v) is 12.9. The van der Waals surface area contributed by atoms with Gasteiger partial charge in [-0.25, -0.2) is 4.79 Å². The molecule has 1 aliphatic rings. The quantitative estimate of drug-likeness (QED) is 0.783. The second kappa shape index (κ2) is 6.03. The van der Waals surface area contributed by atoms with E-state index >= 15 is 0 Å². The fourth-order valence-corrected chi connectivity index (χ4v) is 2.42. The number of carbonyl (C=O) groups excluding carboxylic acids is 1. The van der Waals surface area contributed by atoms with Gasteiger partial charge < -0.3 is 15.2 Å². The van der Waals surface area contributed by atoms with Crippen LogP contribution in [-0.4, -0.2) is 29.9 Å². The van der Waals surface area contributed by atoms with Crippen molar-refractivity contribution in [2.24, 2.45) is 0 Å². The molecule has 1 atom stereocenters. The molecule has 2 rings (SSSR count). The molecule has 0 saturated carbocycles. The maximum absolute atomic E-state index is 11.7. The van der Waals surface area contributed by atoms with Crippen LogP contribution in [0.3, 0.4) is 0 Å². The molecule has 1 aromatic carbocycles. The molecule has 1 aliphatic heterocycles. The summed E-state index contributed by atoms with van der Waals surface area (Å²) in [4.78, 5) is 11.7. The zero-order valence-electron chi connectivity index (χ0n) is 12.9. The van der Waals surface area contributed by atoms with Crippen molar-refractivity contribution < 1.29 is 14.6 Å². The zero-order chi connectivity index (χ0) is 15.5. The number of hydrogen-bond donors (Lipinski definition) is 3. The molecule has 1 fully saturated rings. The Morgan fingerprint density at radius 2 is 2.00 bits per heavy atom. The van der Waals surface area contributed by atoms with Gasteiger partial charge in [0.15, 0.2) is 0 Å². The van der Waals surface area contributed by atoms with Crippen LogP contribution in [0.4, 0.5) is 10.5 Å². The van der Waals surface area contributed by atoms with Crippen LogP contribution in [0.5, 0.6) is 0 Å².